The lowest BCUT2D eigenvalue weighted by Gasteiger charge is -1.94. The standard InChI is InChI=1S/C24H17N7O7/c1-2-25-20(32)13-8-36-24(29-13)17-12-38-23(31-17)16-10-35-19(28-16)5-3-4-18-27-15(9-34-18)22-30-14(11-37-22)21-26-6-7-33-21/h3-4,6-12H,2,5H2,1H3,(H,25,32). The summed E-state index contributed by atoms with van der Waals surface area (Å²) >= 11 is 0. The van der Waals surface area contributed by atoms with Crippen LogP contribution in [0.25, 0.3) is 52.4 Å². The molecule has 38 heavy (non-hydrogen) atoms. The molecule has 0 aliphatic carbocycles. The Morgan fingerprint density at radius 3 is 2.18 bits per heavy atom. The highest BCUT2D eigenvalue weighted by atomic mass is 16.4. The molecule has 0 aromatic carbocycles. The van der Waals surface area contributed by atoms with Crippen molar-refractivity contribution in [3.63, 3.8) is 0 Å². The van der Waals surface area contributed by atoms with Gasteiger partial charge in [0.25, 0.3) is 5.91 Å². The average molecular weight is 515 g/mol. The summed E-state index contributed by atoms with van der Waals surface area (Å²) in [6.45, 7) is 2.29. The number of allylic oxidation sites excluding steroid dienone is 1. The van der Waals surface area contributed by atoms with Gasteiger partial charge in [-0.05, 0) is 13.0 Å². The Balaban J connectivity index is 1.08. The van der Waals surface area contributed by atoms with E-state index in [0.29, 0.717) is 53.4 Å². The molecule has 6 aromatic heterocycles. The molecule has 1 amide bonds. The van der Waals surface area contributed by atoms with E-state index in [1.807, 2.05) is 6.92 Å². The van der Waals surface area contributed by atoms with Gasteiger partial charge in [-0.2, -0.15) is 0 Å². The third kappa shape index (κ3) is 4.65. The van der Waals surface area contributed by atoms with Crippen molar-refractivity contribution in [1.82, 2.24) is 35.2 Å². The van der Waals surface area contributed by atoms with Crippen LogP contribution in [0.15, 0.2) is 76.4 Å². The molecule has 0 atom stereocenters. The molecule has 0 saturated carbocycles. The van der Waals surface area contributed by atoms with Gasteiger partial charge < -0.3 is 31.8 Å². The lowest BCUT2D eigenvalue weighted by molar-refractivity contribution is 0.0951. The first-order valence-electron chi connectivity index (χ1n) is 11.3. The van der Waals surface area contributed by atoms with Crippen LogP contribution < -0.4 is 5.32 Å². The van der Waals surface area contributed by atoms with Crippen molar-refractivity contribution in [1.29, 1.82) is 0 Å². The molecule has 0 fully saturated rings. The molecule has 6 aromatic rings. The fraction of sp³-hybridized carbons (Fsp3) is 0.125. The van der Waals surface area contributed by atoms with Crippen LogP contribution in [0.3, 0.4) is 0 Å². The van der Waals surface area contributed by atoms with E-state index in [0.717, 1.165) is 0 Å². The van der Waals surface area contributed by atoms with Crippen molar-refractivity contribution in [2.45, 2.75) is 13.3 Å². The maximum absolute atomic E-state index is 11.9. The van der Waals surface area contributed by atoms with Crippen molar-refractivity contribution >= 4 is 12.0 Å². The van der Waals surface area contributed by atoms with Gasteiger partial charge in [-0.25, -0.2) is 29.9 Å². The van der Waals surface area contributed by atoms with Crippen LogP contribution in [0.4, 0.5) is 0 Å². The fourth-order valence-electron chi connectivity index (χ4n) is 3.30. The van der Waals surface area contributed by atoms with Gasteiger partial charge in [0.1, 0.15) is 37.6 Å². The van der Waals surface area contributed by atoms with Crippen LogP contribution in [-0.4, -0.2) is 42.4 Å². The smallest absolute Gasteiger partial charge is 0.273 e. The van der Waals surface area contributed by atoms with E-state index in [-0.39, 0.29) is 29.3 Å². The summed E-state index contributed by atoms with van der Waals surface area (Å²) < 4.78 is 32.4. The highest BCUT2D eigenvalue weighted by Crippen LogP contribution is 2.25. The third-order valence-corrected chi connectivity index (χ3v) is 5.02. The maximum atomic E-state index is 11.9. The topological polar surface area (TPSA) is 185 Å². The van der Waals surface area contributed by atoms with E-state index in [9.17, 15) is 4.79 Å². The average Bonchev–Trinajstić information content (AvgIpc) is 3.77. The van der Waals surface area contributed by atoms with Crippen molar-refractivity contribution in [2.24, 2.45) is 0 Å². The van der Waals surface area contributed by atoms with Crippen molar-refractivity contribution in [3.8, 4) is 46.3 Å². The van der Waals surface area contributed by atoms with E-state index in [4.69, 9.17) is 26.5 Å². The predicted octanol–water partition coefficient (Wildman–Crippen LogP) is 4.29. The third-order valence-electron chi connectivity index (χ3n) is 5.02. The Bertz CT molecular complexity index is 1700. The Hall–Kier alpha value is -5.53. The van der Waals surface area contributed by atoms with Crippen LogP contribution >= 0.6 is 0 Å². The molecule has 14 heteroatoms. The molecule has 190 valence electrons. The molecule has 0 bridgehead atoms. The zero-order valence-electron chi connectivity index (χ0n) is 19.7. The number of aromatic nitrogens is 6. The van der Waals surface area contributed by atoms with E-state index < -0.39 is 0 Å². The Kier molecular flexibility index (Phi) is 5.94. The van der Waals surface area contributed by atoms with Crippen LogP contribution in [-0.2, 0) is 6.42 Å². The Labute approximate surface area is 212 Å². The van der Waals surface area contributed by atoms with Gasteiger partial charge in [-0.15, -0.1) is 0 Å². The molecule has 0 radical (unpaired) electrons. The first-order chi connectivity index (χ1) is 18.7. The molecule has 6 heterocycles. The quantitative estimate of drug-likeness (QED) is 0.288. The molecular formula is C24H17N7O7. The predicted molar refractivity (Wildman–Crippen MR) is 126 cm³/mol. The molecular weight excluding hydrogens is 498 g/mol. The van der Waals surface area contributed by atoms with Gasteiger partial charge in [-0.3, -0.25) is 4.79 Å². The SMILES string of the molecule is CCNC(=O)c1coc(-c2coc(-c3coc(CC=Cc4nc(-c5nc(-c6ncco6)co5)co4)n3)n2)n1. The van der Waals surface area contributed by atoms with Gasteiger partial charge in [0, 0.05) is 13.0 Å². The molecule has 0 unspecified atom stereocenters. The molecule has 0 aliphatic heterocycles. The summed E-state index contributed by atoms with van der Waals surface area (Å²) in [6, 6.07) is 0. The number of hydrogen-bond donors (Lipinski definition) is 1. The van der Waals surface area contributed by atoms with Gasteiger partial charge in [-0.1, -0.05) is 6.08 Å². The summed E-state index contributed by atoms with van der Waals surface area (Å²) in [7, 11) is 0. The van der Waals surface area contributed by atoms with Gasteiger partial charge in [0.2, 0.25) is 29.5 Å². The monoisotopic (exact) mass is 515 g/mol. The van der Waals surface area contributed by atoms with Crippen LogP contribution in [0, 0.1) is 0 Å². The van der Waals surface area contributed by atoms with Crippen molar-refractivity contribution in [2.75, 3.05) is 6.54 Å². The van der Waals surface area contributed by atoms with E-state index in [1.165, 1.54) is 43.8 Å². The Morgan fingerprint density at radius 1 is 0.763 bits per heavy atom. The number of nitrogens with zero attached hydrogens (tertiary/aromatic N) is 6. The molecule has 14 nitrogen and oxygen atoms in total. The molecule has 0 spiro atoms. The lowest BCUT2D eigenvalue weighted by Crippen LogP contribution is -2.22. The largest absolute Gasteiger partial charge is 0.448 e. The highest BCUT2D eigenvalue weighted by molar-refractivity contribution is 5.92. The molecule has 0 saturated heterocycles. The number of nitrogens with one attached hydrogen (secondary N) is 1. The minimum atomic E-state index is -0.337. The second-order valence-electron chi connectivity index (χ2n) is 7.61. The van der Waals surface area contributed by atoms with E-state index in [2.05, 4.69) is 35.2 Å². The Morgan fingerprint density at radius 2 is 1.42 bits per heavy atom. The second kappa shape index (κ2) is 9.85. The molecule has 1 N–H and O–H groups in total. The maximum Gasteiger partial charge on any atom is 0.273 e. The second-order valence-corrected chi connectivity index (χ2v) is 7.61. The summed E-state index contributed by atoms with van der Waals surface area (Å²) in [5, 5.41) is 2.65. The zero-order chi connectivity index (χ0) is 25.9. The molecule has 6 rings (SSSR count). The summed E-state index contributed by atoms with van der Waals surface area (Å²) in [6.07, 6.45) is 13.7. The van der Waals surface area contributed by atoms with E-state index >= 15 is 0 Å². The van der Waals surface area contributed by atoms with Gasteiger partial charge in [0.15, 0.2) is 34.4 Å². The minimum Gasteiger partial charge on any atom is -0.448 e. The number of carbonyl (C=O) groups is 1. The highest BCUT2D eigenvalue weighted by Gasteiger charge is 2.18. The summed E-state index contributed by atoms with van der Waals surface area (Å²) in [5.41, 5.74) is 1.73. The minimum absolute atomic E-state index is 0.149. The van der Waals surface area contributed by atoms with Crippen LogP contribution in [0.1, 0.15) is 29.2 Å². The van der Waals surface area contributed by atoms with E-state index in [1.54, 1.807) is 12.2 Å². The number of rotatable bonds is 9. The number of oxazole rings is 6. The van der Waals surface area contributed by atoms with Crippen molar-refractivity contribution < 1.29 is 31.3 Å². The van der Waals surface area contributed by atoms with Crippen LogP contribution in [0.5, 0.6) is 0 Å². The zero-order valence-corrected chi connectivity index (χ0v) is 19.7. The normalized spacial score (nSPS) is 11.5. The number of hydrogen-bond acceptors (Lipinski definition) is 13. The first kappa shape index (κ1) is 22.9. The summed E-state index contributed by atoms with van der Waals surface area (Å²) in [4.78, 5) is 37.4. The lowest BCUT2D eigenvalue weighted by atomic mass is 10.3. The summed E-state index contributed by atoms with van der Waals surface area (Å²) in [5.74, 6) is 1.41. The molecule has 0 aliphatic rings. The number of carbonyl (C=O) groups excluding carboxylic acids is 1. The van der Waals surface area contributed by atoms with Gasteiger partial charge in [0.05, 0.1) is 6.20 Å². The number of amides is 1. The van der Waals surface area contributed by atoms with Crippen molar-refractivity contribution in [3.05, 3.63) is 67.3 Å². The van der Waals surface area contributed by atoms with Gasteiger partial charge >= 0.3 is 0 Å². The fourth-order valence-corrected chi connectivity index (χ4v) is 3.30. The first-order valence-corrected chi connectivity index (χ1v) is 11.3. The van der Waals surface area contributed by atoms with Crippen LogP contribution in [0.2, 0.25) is 0 Å².